The number of hydrogen-bond donors (Lipinski definition) is 2. The molecule has 0 bridgehead atoms. The van der Waals surface area contributed by atoms with E-state index < -0.39 is 5.91 Å². The van der Waals surface area contributed by atoms with Crippen molar-refractivity contribution in [2.24, 2.45) is 17.6 Å². The molecule has 0 radical (unpaired) electrons. The van der Waals surface area contributed by atoms with E-state index in [4.69, 9.17) is 5.73 Å². The highest BCUT2D eigenvalue weighted by Crippen LogP contribution is 2.37. The largest absolute Gasteiger partial charge is 0.365 e. The molecule has 1 aliphatic heterocycles. The van der Waals surface area contributed by atoms with Gasteiger partial charge in [0.1, 0.15) is 4.88 Å². The van der Waals surface area contributed by atoms with Gasteiger partial charge in [-0.1, -0.05) is 24.2 Å². The lowest BCUT2D eigenvalue weighted by Crippen LogP contribution is -2.34. The van der Waals surface area contributed by atoms with Gasteiger partial charge < -0.3 is 11.1 Å². The van der Waals surface area contributed by atoms with Crippen LogP contribution in [0.5, 0.6) is 0 Å². The number of likely N-dealkylation sites (tertiary alicyclic amines) is 1. The van der Waals surface area contributed by atoms with Crippen LogP contribution in [0.15, 0.2) is 6.20 Å². The summed E-state index contributed by atoms with van der Waals surface area (Å²) in [5.41, 5.74) is 5.12. The molecule has 9 heteroatoms. The van der Waals surface area contributed by atoms with Crippen LogP contribution < -0.4 is 11.1 Å². The van der Waals surface area contributed by atoms with Gasteiger partial charge in [0, 0.05) is 13.0 Å². The Morgan fingerprint density at radius 3 is 2.42 bits per heavy atom. The summed E-state index contributed by atoms with van der Waals surface area (Å²) in [5.74, 6) is -1.68. The van der Waals surface area contributed by atoms with Gasteiger partial charge >= 0.3 is 0 Å². The molecule has 8 nitrogen and oxygen atoms in total. The zero-order valence-electron chi connectivity index (χ0n) is 13.0. The summed E-state index contributed by atoms with van der Waals surface area (Å²) in [6.45, 7) is 0.0740. The molecule has 3 rings (SSSR count). The second kappa shape index (κ2) is 6.68. The lowest BCUT2D eigenvalue weighted by atomic mass is 9.81. The van der Waals surface area contributed by atoms with Crippen molar-refractivity contribution in [2.45, 2.75) is 32.1 Å². The molecule has 2 heterocycles. The first kappa shape index (κ1) is 16.6. The van der Waals surface area contributed by atoms with Crippen molar-refractivity contribution >= 4 is 40.1 Å². The van der Waals surface area contributed by atoms with Crippen LogP contribution in [0, 0.1) is 11.8 Å². The zero-order chi connectivity index (χ0) is 17.3. The van der Waals surface area contributed by atoms with E-state index in [0.717, 1.165) is 37.0 Å². The Labute approximate surface area is 142 Å². The minimum atomic E-state index is -0.608. The van der Waals surface area contributed by atoms with Crippen LogP contribution in [0.4, 0.5) is 5.13 Å². The Balaban J connectivity index is 1.55. The van der Waals surface area contributed by atoms with Gasteiger partial charge in [0.25, 0.3) is 5.91 Å². The molecule has 1 aromatic rings. The quantitative estimate of drug-likeness (QED) is 0.759. The number of carbonyl (C=O) groups excluding carboxylic acids is 4. The maximum Gasteiger partial charge on any atom is 0.260 e. The molecule has 1 aliphatic carbocycles. The van der Waals surface area contributed by atoms with Crippen LogP contribution in [0.2, 0.25) is 0 Å². The van der Waals surface area contributed by atoms with E-state index in [9.17, 15) is 19.2 Å². The number of anilines is 1. The lowest BCUT2D eigenvalue weighted by Gasteiger charge is -2.19. The van der Waals surface area contributed by atoms with E-state index in [-0.39, 0.29) is 52.5 Å². The van der Waals surface area contributed by atoms with Crippen molar-refractivity contribution in [2.75, 3.05) is 11.9 Å². The fourth-order valence-corrected chi connectivity index (χ4v) is 3.98. The van der Waals surface area contributed by atoms with Crippen molar-refractivity contribution in [3.63, 3.8) is 0 Å². The van der Waals surface area contributed by atoms with Crippen LogP contribution in [-0.2, 0) is 14.4 Å². The van der Waals surface area contributed by atoms with Gasteiger partial charge in [0.15, 0.2) is 5.13 Å². The Morgan fingerprint density at radius 2 is 1.88 bits per heavy atom. The number of aromatic nitrogens is 1. The topological polar surface area (TPSA) is 122 Å². The van der Waals surface area contributed by atoms with Crippen LogP contribution in [0.3, 0.4) is 0 Å². The third-order valence-electron chi connectivity index (χ3n) is 4.49. The second-order valence-corrected chi connectivity index (χ2v) is 7.05. The number of nitrogens with two attached hydrogens (primary N) is 1. The molecule has 24 heavy (non-hydrogen) atoms. The molecular formula is C15H18N4O4S. The highest BCUT2D eigenvalue weighted by Gasteiger charge is 2.47. The van der Waals surface area contributed by atoms with Crippen molar-refractivity contribution in [3.8, 4) is 0 Å². The van der Waals surface area contributed by atoms with Crippen LogP contribution in [0.25, 0.3) is 0 Å². The summed E-state index contributed by atoms with van der Waals surface area (Å²) in [7, 11) is 0. The second-order valence-electron chi connectivity index (χ2n) is 6.02. The van der Waals surface area contributed by atoms with E-state index in [2.05, 4.69) is 10.3 Å². The van der Waals surface area contributed by atoms with Gasteiger partial charge in [0.05, 0.1) is 18.0 Å². The number of thiazole rings is 1. The predicted octanol–water partition coefficient (Wildman–Crippen LogP) is 0.746. The molecular weight excluding hydrogens is 332 g/mol. The summed E-state index contributed by atoms with van der Waals surface area (Å²) >= 11 is 0.980. The van der Waals surface area contributed by atoms with E-state index in [1.54, 1.807) is 0 Å². The first-order chi connectivity index (χ1) is 11.5. The number of imide groups is 1. The van der Waals surface area contributed by atoms with Crippen molar-refractivity contribution < 1.29 is 19.2 Å². The fraction of sp³-hybridized carbons (Fsp3) is 0.533. The maximum atomic E-state index is 12.3. The summed E-state index contributed by atoms with van der Waals surface area (Å²) in [4.78, 5) is 52.9. The molecule has 0 unspecified atom stereocenters. The number of carbonyl (C=O) groups is 4. The Morgan fingerprint density at radius 1 is 1.25 bits per heavy atom. The molecule has 4 amide bonds. The van der Waals surface area contributed by atoms with Crippen LogP contribution >= 0.6 is 11.3 Å². The molecule has 1 saturated carbocycles. The fourth-order valence-electron chi connectivity index (χ4n) is 3.29. The summed E-state index contributed by atoms with van der Waals surface area (Å²) in [5, 5.41) is 2.81. The minimum Gasteiger partial charge on any atom is -0.365 e. The van der Waals surface area contributed by atoms with Gasteiger partial charge in [-0.15, -0.1) is 0 Å². The van der Waals surface area contributed by atoms with Crippen molar-refractivity contribution in [1.82, 2.24) is 9.88 Å². The third-order valence-corrected chi connectivity index (χ3v) is 5.42. The van der Waals surface area contributed by atoms with Gasteiger partial charge in [-0.05, 0) is 12.8 Å². The van der Waals surface area contributed by atoms with E-state index in [1.165, 1.54) is 11.1 Å². The average Bonchev–Trinajstić information content (AvgIpc) is 3.11. The first-order valence-electron chi connectivity index (χ1n) is 7.88. The van der Waals surface area contributed by atoms with Gasteiger partial charge in [-0.25, -0.2) is 4.98 Å². The number of amides is 4. The minimum absolute atomic E-state index is 0.00239. The van der Waals surface area contributed by atoms with Crippen molar-refractivity contribution in [3.05, 3.63) is 11.1 Å². The Hall–Kier alpha value is -2.29. The monoisotopic (exact) mass is 350 g/mol. The Bertz CT molecular complexity index is 677. The van der Waals surface area contributed by atoms with Gasteiger partial charge in [-0.2, -0.15) is 0 Å². The molecule has 2 aliphatic rings. The summed E-state index contributed by atoms with van der Waals surface area (Å²) in [6, 6.07) is 0. The molecule has 3 N–H and O–H groups in total. The first-order valence-corrected chi connectivity index (χ1v) is 8.69. The van der Waals surface area contributed by atoms with E-state index >= 15 is 0 Å². The van der Waals surface area contributed by atoms with Gasteiger partial charge in [-0.3, -0.25) is 24.1 Å². The number of primary amides is 1. The molecule has 1 aromatic heterocycles. The molecule has 0 aromatic carbocycles. The van der Waals surface area contributed by atoms with E-state index in [1.807, 2.05) is 0 Å². The third kappa shape index (κ3) is 3.16. The molecule has 1 saturated heterocycles. The lowest BCUT2D eigenvalue weighted by molar-refractivity contribution is -0.140. The van der Waals surface area contributed by atoms with Gasteiger partial charge in [0.2, 0.25) is 17.7 Å². The highest BCUT2D eigenvalue weighted by atomic mass is 32.1. The standard InChI is InChI=1S/C15H18N4O4S/c16-12(21)10-7-17-15(24-10)18-11(20)5-6-19-13(22)8-3-1-2-4-9(8)14(19)23/h7-9H,1-6H2,(H2,16,21)(H,17,18,20)/t8-,9-/m1/s1. The summed E-state index contributed by atoms with van der Waals surface area (Å²) < 4.78 is 0. The average molecular weight is 350 g/mol. The Kier molecular flexibility index (Phi) is 4.61. The SMILES string of the molecule is NC(=O)c1cnc(NC(=O)CCN2C(=O)[C@@H]3CCCC[C@H]3C2=O)s1. The molecule has 2 fully saturated rings. The van der Waals surface area contributed by atoms with Crippen molar-refractivity contribution in [1.29, 1.82) is 0 Å². The molecule has 128 valence electrons. The number of rotatable bonds is 5. The maximum absolute atomic E-state index is 12.3. The van der Waals surface area contributed by atoms with Crippen LogP contribution in [-0.4, -0.2) is 40.1 Å². The number of nitrogens with zero attached hydrogens (tertiary/aromatic N) is 2. The number of hydrogen-bond acceptors (Lipinski definition) is 6. The molecule has 2 atom stereocenters. The predicted molar refractivity (Wildman–Crippen MR) is 86.0 cm³/mol. The normalized spacial score (nSPS) is 23.2. The summed E-state index contributed by atoms with van der Waals surface area (Å²) in [6.07, 6.45) is 4.75. The van der Waals surface area contributed by atoms with E-state index in [0.29, 0.717) is 0 Å². The number of fused-ring (bicyclic) bond motifs is 1. The highest BCUT2D eigenvalue weighted by molar-refractivity contribution is 7.17. The van der Waals surface area contributed by atoms with Crippen LogP contribution in [0.1, 0.15) is 41.8 Å². The zero-order valence-corrected chi connectivity index (χ0v) is 13.8. The smallest absolute Gasteiger partial charge is 0.260 e. The molecule has 0 spiro atoms. The number of nitrogens with one attached hydrogen (secondary N) is 1.